The van der Waals surface area contributed by atoms with Crippen molar-refractivity contribution in [1.82, 2.24) is 9.80 Å². The molecule has 4 rings (SSSR count). The predicted molar refractivity (Wildman–Crippen MR) is 100 cm³/mol. The molecule has 2 nitrogen and oxygen atoms in total. The van der Waals surface area contributed by atoms with Crippen molar-refractivity contribution in [2.24, 2.45) is 0 Å². The predicted octanol–water partition coefficient (Wildman–Crippen LogP) is 3.84. The Hall–Kier alpha value is -1.64. The summed E-state index contributed by atoms with van der Waals surface area (Å²) in [4.78, 5) is 4.99. The zero-order valence-corrected chi connectivity index (χ0v) is 15.0. The monoisotopic (exact) mass is 320 g/mol. The van der Waals surface area contributed by atoms with Crippen LogP contribution in [0.4, 0.5) is 0 Å². The Labute approximate surface area is 146 Å². The van der Waals surface area contributed by atoms with Crippen molar-refractivity contribution in [3.63, 3.8) is 0 Å². The van der Waals surface area contributed by atoms with Gasteiger partial charge < -0.3 is 4.90 Å². The molecule has 126 valence electrons. The van der Waals surface area contributed by atoms with Gasteiger partial charge in [0.25, 0.3) is 0 Å². The van der Waals surface area contributed by atoms with Gasteiger partial charge in [0.2, 0.25) is 0 Å². The summed E-state index contributed by atoms with van der Waals surface area (Å²) in [6, 6.07) is 16.8. The molecule has 2 heterocycles. The second-order valence-electron chi connectivity index (χ2n) is 7.57. The first-order valence-electron chi connectivity index (χ1n) is 9.28. The molecule has 0 N–H and O–H groups in total. The molecule has 0 saturated carbocycles. The van der Waals surface area contributed by atoms with Crippen molar-refractivity contribution in [3.05, 3.63) is 70.3 Å². The number of nitrogens with zero attached hydrogens (tertiary/aromatic N) is 2. The zero-order valence-electron chi connectivity index (χ0n) is 15.0. The van der Waals surface area contributed by atoms with Crippen LogP contribution >= 0.6 is 0 Å². The summed E-state index contributed by atoms with van der Waals surface area (Å²) >= 11 is 0. The van der Waals surface area contributed by atoms with E-state index in [1.165, 1.54) is 55.5 Å². The molecule has 0 spiro atoms. The molecular formula is C22H28N2. The maximum Gasteiger partial charge on any atom is 0.0351 e. The van der Waals surface area contributed by atoms with Gasteiger partial charge in [-0.3, -0.25) is 4.90 Å². The molecule has 1 atom stereocenters. The Kier molecular flexibility index (Phi) is 4.43. The topological polar surface area (TPSA) is 6.48 Å². The number of rotatable bonds is 1. The average molecular weight is 320 g/mol. The van der Waals surface area contributed by atoms with Crippen molar-refractivity contribution in [1.29, 1.82) is 0 Å². The van der Waals surface area contributed by atoms with E-state index >= 15 is 0 Å². The molecule has 0 radical (unpaired) electrons. The first-order chi connectivity index (χ1) is 11.7. The molecule has 0 fully saturated rings. The third-order valence-electron chi connectivity index (χ3n) is 5.90. The van der Waals surface area contributed by atoms with Crippen LogP contribution in [0.15, 0.2) is 42.5 Å². The van der Waals surface area contributed by atoms with E-state index < -0.39 is 0 Å². The minimum absolute atomic E-state index is 0.531. The normalized spacial score (nSPS) is 22.3. The fourth-order valence-corrected chi connectivity index (χ4v) is 4.33. The van der Waals surface area contributed by atoms with Crippen LogP contribution in [0, 0.1) is 0 Å². The van der Waals surface area contributed by atoms with E-state index in [9.17, 15) is 0 Å². The van der Waals surface area contributed by atoms with E-state index in [1.54, 1.807) is 11.1 Å². The second kappa shape index (κ2) is 6.70. The van der Waals surface area contributed by atoms with Crippen LogP contribution in [-0.4, -0.2) is 37.0 Å². The number of hydrogen-bond acceptors (Lipinski definition) is 2. The molecule has 0 aliphatic carbocycles. The molecule has 2 aromatic rings. The van der Waals surface area contributed by atoms with Crippen LogP contribution in [0.3, 0.4) is 0 Å². The van der Waals surface area contributed by atoms with E-state index in [-0.39, 0.29) is 0 Å². The van der Waals surface area contributed by atoms with E-state index in [1.807, 2.05) is 0 Å². The molecule has 2 aliphatic heterocycles. The summed E-state index contributed by atoms with van der Waals surface area (Å²) in [6.07, 6.45) is 4.78. The number of fused-ring (bicyclic) bond motifs is 2. The Morgan fingerprint density at radius 2 is 1.50 bits per heavy atom. The number of benzene rings is 2. The van der Waals surface area contributed by atoms with Gasteiger partial charge in [-0.2, -0.15) is 0 Å². The van der Waals surface area contributed by atoms with Crippen LogP contribution in [0.25, 0.3) is 0 Å². The molecule has 0 saturated heterocycles. The van der Waals surface area contributed by atoms with Gasteiger partial charge >= 0.3 is 0 Å². The number of likely N-dealkylation sites (N-methyl/N-ethyl adjacent to an activating group) is 1. The van der Waals surface area contributed by atoms with Crippen molar-refractivity contribution in [3.8, 4) is 0 Å². The minimum atomic E-state index is 0.531. The Morgan fingerprint density at radius 1 is 0.792 bits per heavy atom. The maximum atomic E-state index is 2.54. The Bertz CT molecular complexity index is 722. The lowest BCUT2D eigenvalue weighted by atomic mass is 9.94. The number of aryl methyl sites for hydroxylation is 1. The van der Waals surface area contributed by atoms with E-state index in [4.69, 9.17) is 0 Å². The highest BCUT2D eigenvalue weighted by molar-refractivity contribution is 5.36. The van der Waals surface area contributed by atoms with Gasteiger partial charge in [0, 0.05) is 25.7 Å². The van der Waals surface area contributed by atoms with Gasteiger partial charge in [-0.15, -0.1) is 0 Å². The van der Waals surface area contributed by atoms with Gasteiger partial charge in [-0.05, 0) is 67.6 Å². The SMILES string of the molecule is CN1CCc2ccc(C3CCc4ccccc4CN3C)cc2CC1. The average Bonchev–Trinajstić information content (AvgIpc) is 2.88. The van der Waals surface area contributed by atoms with Crippen molar-refractivity contribution < 1.29 is 0 Å². The molecule has 2 heteroatoms. The Morgan fingerprint density at radius 3 is 2.33 bits per heavy atom. The lowest BCUT2D eigenvalue weighted by Gasteiger charge is -2.27. The van der Waals surface area contributed by atoms with Crippen molar-refractivity contribution in [2.45, 2.75) is 38.3 Å². The minimum Gasteiger partial charge on any atom is -0.306 e. The molecule has 2 aliphatic rings. The smallest absolute Gasteiger partial charge is 0.0351 e. The molecule has 24 heavy (non-hydrogen) atoms. The summed E-state index contributed by atoms with van der Waals surface area (Å²) in [6.45, 7) is 3.42. The molecule has 0 amide bonds. The van der Waals surface area contributed by atoms with Crippen molar-refractivity contribution >= 4 is 0 Å². The summed E-state index contributed by atoms with van der Waals surface area (Å²) in [7, 11) is 4.52. The second-order valence-corrected chi connectivity index (χ2v) is 7.57. The largest absolute Gasteiger partial charge is 0.306 e. The van der Waals surface area contributed by atoms with Gasteiger partial charge in [0.1, 0.15) is 0 Å². The van der Waals surface area contributed by atoms with Crippen LogP contribution in [0.5, 0.6) is 0 Å². The van der Waals surface area contributed by atoms with Gasteiger partial charge in [0.05, 0.1) is 0 Å². The highest BCUT2D eigenvalue weighted by Crippen LogP contribution is 2.32. The first kappa shape index (κ1) is 15.9. The molecule has 0 aromatic heterocycles. The van der Waals surface area contributed by atoms with E-state index in [2.05, 4.69) is 66.4 Å². The summed E-state index contributed by atoms with van der Waals surface area (Å²) in [5.41, 5.74) is 7.67. The standard InChI is InChI=1S/C22H28N2/c1-23-13-11-18-7-8-20(15-19(18)12-14-23)22-10-9-17-5-3-4-6-21(17)16-24(22)2/h3-8,15,22H,9-14,16H2,1-2H3. The van der Waals surface area contributed by atoms with Gasteiger partial charge in [-0.1, -0.05) is 42.5 Å². The van der Waals surface area contributed by atoms with Crippen LogP contribution in [0.1, 0.15) is 40.3 Å². The summed E-state index contributed by atoms with van der Waals surface area (Å²) in [5, 5.41) is 0. The highest BCUT2D eigenvalue weighted by Gasteiger charge is 2.23. The maximum absolute atomic E-state index is 2.54. The Balaban J connectivity index is 1.60. The van der Waals surface area contributed by atoms with Gasteiger partial charge in [0.15, 0.2) is 0 Å². The molecular weight excluding hydrogens is 292 g/mol. The summed E-state index contributed by atoms with van der Waals surface area (Å²) < 4.78 is 0. The quantitative estimate of drug-likeness (QED) is 0.788. The van der Waals surface area contributed by atoms with Crippen LogP contribution < -0.4 is 0 Å². The van der Waals surface area contributed by atoms with Crippen LogP contribution in [-0.2, 0) is 25.8 Å². The summed E-state index contributed by atoms with van der Waals surface area (Å²) in [5.74, 6) is 0. The zero-order chi connectivity index (χ0) is 16.5. The lowest BCUT2D eigenvalue weighted by Crippen LogP contribution is -2.23. The molecule has 1 unspecified atom stereocenters. The van der Waals surface area contributed by atoms with E-state index in [0.717, 1.165) is 6.54 Å². The van der Waals surface area contributed by atoms with E-state index in [0.29, 0.717) is 6.04 Å². The van der Waals surface area contributed by atoms with Gasteiger partial charge in [-0.25, -0.2) is 0 Å². The number of hydrogen-bond donors (Lipinski definition) is 0. The molecule has 2 aromatic carbocycles. The van der Waals surface area contributed by atoms with Crippen molar-refractivity contribution in [2.75, 3.05) is 27.2 Å². The fourth-order valence-electron chi connectivity index (χ4n) is 4.33. The third kappa shape index (κ3) is 3.13. The van der Waals surface area contributed by atoms with Crippen LogP contribution in [0.2, 0.25) is 0 Å². The first-order valence-corrected chi connectivity index (χ1v) is 9.28. The lowest BCUT2D eigenvalue weighted by molar-refractivity contribution is 0.233. The third-order valence-corrected chi connectivity index (χ3v) is 5.90. The highest BCUT2D eigenvalue weighted by atomic mass is 15.1. The molecule has 0 bridgehead atoms. The fraction of sp³-hybridized carbons (Fsp3) is 0.455.